The van der Waals surface area contributed by atoms with Gasteiger partial charge in [-0.2, -0.15) is 13.2 Å². The van der Waals surface area contributed by atoms with Crippen LogP contribution in [-0.2, 0) is 9.59 Å². The van der Waals surface area contributed by atoms with Crippen LogP contribution in [0.25, 0.3) is 0 Å². The third kappa shape index (κ3) is 4.39. The van der Waals surface area contributed by atoms with Crippen molar-refractivity contribution in [2.24, 2.45) is 5.92 Å². The number of alkyl halides is 3. The van der Waals surface area contributed by atoms with Gasteiger partial charge in [0.25, 0.3) is 0 Å². The van der Waals surface area contributed by atoms with E-state index in [2.05, 4.69) is 5.32 Å². The van der Waals surface area contributed by atoms with E-state index < -0.39 is 30.5 Å². The molecule has 1 aliphatic rings. The smallest absolute Gasteiger partial charge is 0.373 e. The van der Waals surface area contributed by atoms with Gasteiger partial charge in [-0.05, 0) is 19.1 Å². The van der Waals surface area contributed by atoms with Crippen LogP contribution in [0.2, 0.25) is 0 Å². The summed E-state index contributed by atoms with van der Waals surface area (Å²) in [5, 5.41) is 2.73. The minimum atomic E-state index is -4.46. The maximum atomic E-state index is 12.4. The number of nitrogens with one attached hydrogen (secondary N) is 1. The second-order valence-corrected chi connectivity index (χ2v) is 5.81. The molecule has 0 spiro atoms. The van der Waals surface area contributed by atoms with Crippen molar-refractivity contribution in [3.05, 3.63) is 24.3 Å². The van der Waals surface area contributed by atoms with Crippen molar-refractivity contribution in [1.82, 2.24) is 4.90 Å². The van der Waals surface area contributed by atoms with Gasteiger partial charge >= 0.3 is 6.18 Å². The topological polar surface area (TPSA) is 52.7 Å². The Morgan fingerprint density at radius 1 is 1.38 bits per heavy atom. The highest BCUT2D eigenvalue weighted by Gasteiger charge is 2.40. The molecule has 0 radical (unpaired) electrons. The second-order valence-electron chi connectivity index (χ2n) is 5.81. The van der Waals surface area contributed by atoms with Crippen LogP contribution in [0.5, 0.6) is 0 Å². The number of nitrogens with zero attached hydrogens (tertiary/aromatic N) is 2. The first-order valence-corrected chi connectivity index (χ1v) is 7.67. The normalized spacial score (nSPS) is 18.0. The molecule has 1 aliphatic heterocycles. The molecule has 5 nitrogen and oxygen atoms in total. The van der Waals surface area contributed by atoms with E-state index in [1.165, 1.54) is 0 Å². The Labute approximate surface area is 138 Å². The number of benzene rings is 1. The molecule has 24 heavy (non-hydrogen) atoms. The number of anilines is 2. The lowest BCUT2D eigenvalue weighted by atomic mass is 10.1. The Morgan fingerprint density at radius 2 is 2.04 bits per heavy atom. The number of para-hydroxylation sites is 2. The van der Waals surface area contributed by atoms with E-state index in [1.54, 1.807) is 12.1 Å². The monoisotopic (exact) mass is 343 g/mol. The molecule has 0 bridgehead atoms. The highest BCUT2D eigenvalue weighted by molar-refractivity contribution is 5.99. The largest absolute Gasteiger partial charge is 0.406 e. The molecule has 1 heterocycles. The lowest BCUT2D eigenvalue weighted by Gasteiger charge is -2.22. The number of hydrogen-bond donors (Lipinski definition) is 1. The Bertz CT molecular complexity index is 619. The number of carbonyl (C=O) groups excluding carboxylic acids is 2. The molecule has 0 unspecified atom stereocenters. The number of carbonyl (C=O) groups is 2. The van der Waals surface area contributed by atoms with Crippen molar-refractivity contribution in [3.8, 4) is 0 Å². The summed E-state index contributed by atoms with van der Waals surface area (Å²) in [5.74, 6) is -1.86. The number of likely N-dealkylation sites (tertiary alicyclic amines) is 1. The predicted molar refractivity (Wildman–Crippen MR) is 84.8 cm³/mol. The van der Waals surface area contributed by atoms with Crippen LogP contribution in [0, 0.1) is 5.92 Å². The minimum absolute atomic E-state index is 0.201. The Balaban J connectivity index is 2.05. The first-order valence-electron chi connectivity index (χ1n) is 7.67. The molecule has 2 amide bonds. The summed E-state index contributed by atoms with van der Waals surface area (Å²) >= 11 is 0. The number of hydrogen-bond acceptors (Lipinski definition) is 3. The van der Waals surface area contributed by atoms with Crippen molar-refractivity contribution in [2.45, 2.75) is 19.5 Å². The van der Waals surface area contributed by atoms with Gasteiger partial charge in [-0.15, -0.1) is 0 Å². The third-order valence-electron chi connectivity index (χ3n) is 4.00. The van der Waals surface area contributed by atoms with Crippen LogP contribution in [0.4, 0.5) is 24.5 Å². The van der Waals surface area contributed by atoms with E-state index in [4.69, 9.17) is 0 Å². The van der Waals surface area contributed by atoms with E-state index in [0.717, 1.165) is 12.2 Å². The SMILES string of the molecule is CCN(C)c1ccccc1NC(=O)[C@@H]1CC(=O)N(CC(F)(F)F)C1. The molecular formula is C16H20F3N3O2. The number of rotatable bonds is 5. The molecule has 2 rings (SSSR count). The van der Waals surface area contributed by atoms with Crippen LogP contribution >= 0.6 is 0 Å². The fourth-order valence-electron chi connectivity index (χ4n) is 2.63. The van der Waals surface area contributed by atoms with E-state index in [1.807, 2.05) is 31.0 Å². The van der Waals surface area contributed by atoms with E-state index in [-0.39, 0.29) is 13.0 Å². The highest BCUT2D eigenvalue weighted by Crippen LogP contribution is 2.28. The van der Waals surface area contributed by atoms with Crippen molar-refractivity contribution in [1.29, 1.82) is 0 Å². The summed E-state index contributed by atoms with van der Waals surface area (Å²) in [6, 6.07) is 7.16. The van der Waals surface area contributed by atoms with Crippen LogP contribution in [-0.4, -0.2) is 49.6 Å². The van der Waals surface area contributed by atoms with Crippen LogP contribution < -0.4 is 10.2 Å². The van der Waals surface area contributed by atoms with Crippen molar-refractivity contribution in [3.63, 3.8) is 0 Å². The van der Waals surface area contributed by atoms with E-state index >= 15 is 0 Å². The molecule has 1 aromatic carbocycles. The van der Waals surface area contributed by atoms with Gasteiger partial charge < -0.3 is 15.1 Å². The maximum absolute atomic E-state index is 12.4. The quantitative estimate of drug-likeness (QED) is 0.894. The summed E-state index contributed by atoms with van der Waals surface area (Å²) in [5.41, 5.74) is 1.39. The van der Waals surface area contributed by atoms with Gasteiger partial charge in [0.05, 0.1) is 17.3 Å². The van der Waals surface area contributed by atoms with Crippen LogP contribution in [0.15, 0.2) is 24.3 Å². The second kappa shape index (κ2) is 7.11. The zero-order valence-corrected chi connectivity index (χ0v) is 13.6. The van der Waals surface area contributed by atoms with Crippen molar-refractivity contribution in [2.75, 3.05) is 36.9 Å². The fraction of sp³-hybridized carbons (Fsp3) is 0.500. The molecular weight excluding hydrogens is 323 g/mol. The minimum Gasteiger partial charge on any atom is -0.373 e. The molecule has 132 valence electrons. The first-order chi connectivity index (χ1) is 11.2. The molecule has 0 saturated carbocycles. The number of halogens is 3. The summed E-state index contributed by atoms with van der Waals surface area (Å²) in [4.78, 5) is 26.6. The van der Waals surface area contributed by atoms with Crippen LogP contribution in [0.3, 0.4) is 0 Å². The summed E-state index contributed by atoms with van der Waals surface area (Å²) in [7, 11) is 1.87. The molecule has 1 fully saturated rings. The molecule has 1 saturated heterocycles. The third-order valence-corrected chi connectivity index (χ3v) is 4.00. The molecule has 0 aliphatic carbocycles. The average Bonchev–Trinajstić information content (AvgIpc) is 2.86. The molecule has 0 aromatic heterocycles. The standard InChI is InChI=1S/C16H20F3N3O2/c1-3-21(2)13-7-5-4-6-12(13)20-15(24)11-8-14(23)22(9-11)10-16(17,18)19/h4-7,11H,3,8-10H2,1-2H3,(H,20,24)/t11-/m1/s1. The van der Waals surface area contributed by atoms with Gasteiger partial charge in [0.2, 0.25) is 11.8 Å². The molecule has 1 N–H and O–H groups in total. The van der Waals surface area contributed by atoms with Gasteiger partial charge in [0.15, 0.2) is 0 Å². The Kier molecular flexibility index (Phi) is 5.36. The summed E-state index contributed by atoms with van der Waals surface area (Å²) < 4.78 is 37.3. The average molecular weight is 343 g/mol. The van der Waals surface area contributed by atoms with Gasteiger partial charge in [0.1, 0.15) is 6.54 Å². The van der Waals surface area contributed by atoms with Crippen molar-refractivity contribution < 1.29 is 22.8 Å². The Hall–Kier alpha value is -2.25. The van der Waals surface area contributed by atoms with E-state index in [9.17, 15) is 22.8 Å². The molecule has 1 atom stereocenters. The fourth-order valence-corrected chi connectivity index (χ4v) is 2.63. The maximum Gasteiger partial charge on any atom is 0.406 e. The first kappa shape index (κ1) is 18.1. The Morgan fingerprint density at radius 3 is 2.67 bits per heavy atom. The highest BCUT2D eigenvalue weighted by atomic mass is 19.4. The van der Waals surface area contributed by atoms with E-state index in [0.29, 0.717) is 10.6 Å². The van der Waals surface area contributed by atoms with Gasteiger partial charge in [-0.25, -0.2) is 0 Å². The van der Waals surface area contributed by atoms with Gasteiger partial charge in [-0.1, -0.05) is 12.1 Å². The summed E-state index contributed by atoms with van der Waals surface area (Å²) in [6.07, 6.45) is -4.66. The van der Waals surface area contributed by atoms with Gasteiger partial charge in [0, 0.05) is 26.6 Å². The zero-order valence-electron chi connectivity index (χ0n) is 13.6. The number of amides is 2. The van der Waals surface area contributed by atoms with Crippen molar-refractivity contribution >= 4 is 23.2 Å². The summed E-state index contributed by atoms with van der Waals surface area (Å²) in [6.45, 7) is 1.16. The molecule has 1 aromatic rings. The lowest BCUT2D eigenvalue weighted by Crippen LogP contribution is -2.36. The lowest BCUT2D eigenvalue weighted by molar-refractivity contribution is -0.157. The van der Waals surface area contributed by atoms with Crippen LogP contribution in [0.1, 0.15) is 13.3 Å². The molecule has 8 heteroatoms. The zero-order chi connectivity index (χ0) is 17.9. The van der Waals surface area contributed by atoms with Gasteiger partial charge in [-0.3, -0.25) is 9.59 Å². The predicted octanol–water partition coefficient (Wildman–Crippen LogP) is 2.49.